The van der Waals surface area contributed by atoms with Crippen LogP contribution in [0.4, 0.5) is 0 Å². The standard InChI is InChI=1S/CH2N4.Li/c1-2-4-5-3-1;/h1H,(H,2,3,4,5);. The quantitative estimate of drug-likeness (QED) is 0.396. The third-order valence-electron chi connectivity index (χ3n) is 0.270. The Kier molecular flexibility index (Phi) is 2.72. The van der Waals surface area contributed by atoms with Gasteiger partial charge >= 0.3 is 0 Å². The summed E-state index contributed by atoms with van der Waals surface area (Å²) >= 11 is 0. The van der Waals surface area contributed by atoms with Gasteiger partial charge in [0.05, 0.1) is 0 Å². The summed E-state index contributed by atoms with van der Waals surface area (Å²) in [6.07, 6.45) is 1.33. The third kappa shape index (κ3) is 1.20. The summed E-state index contributed by atoms with van der Waals surface area (Å²) in [4.78, 5) is 0. The normalized spacial score (nSPS) is 6.67. The minimum Gasteiger partial charge on any atom is -0.177 e. The number of aromatic amines is 1. The maximum absolute atomic E-state index is 3.38. The molecule has 0 amide bonds. The van der Waals surface area contributed by atoms with Gasteiger partial charge in [-0.3, -0.25) is 0 Å². The predicted octanol–water partition coefficient (Wildman–Crippen LogP) is -1.18. The Hall–Kier alpha value is -0.333. The van der Waals surface area contributed by atoms with Crippen molar-refractivity contribution in [2.75, 3.05) is 0 Å². The summed E-state index contributed by atoms with van der Waals surface area (Å²) in [5.41, 5.74) is 0. The molecule has 1 aromatic heterocycles. The number of rotatable bonds is 0. The van der Waals surface area contributed by atoms with E-state index in [1.54, 1.807) is 0 Å². The Morgan fingerprint density at radius 1 is 1.50 bits per heavy atom. The first-order valence-electron chi connectivity index (χ1n) is 1.16. The van der Waals surface area contributed by atoms with Gasteiger partial charge in [-0.2, -0.15) is 5.21 Å². The second kappa shape index (κ2) is 2.88. The molecule has 0 aliphatic carbocycles. The van der Waals surface area contributed by atoms with E-state index in [-0.39, 0.29) is 18.9 Å². The molecular formula is CH2LiN4. The summed E-state index contributed by atoms with van der Waals surface area (Å²) in [7, 11) is 0. The fraction of sp³-hybridized carbons (Fsp3) is 0. The molecule has 4 nitrogen and oxygen atoms in total. The van der Waals surface area contributed by atoms with E-state index in [0.717, 1.165) is 0 Å². The van der Waals surface area contributed by atoms with Crippen molar-refractivity contribution in [1.82, 2.24) is 20.6 Å². The van der Waals surface area contributed by atoms with Crippen LogP contribution in [0.1, 0.15) is 0 Å². The molecule has 1 N–H and O–H groups in total. The van der Waals surface area contributed by atoms with E-state index in [1.165, 1.54) is 6.33 Å². The first-order chi connectivity index (χ1) is 2.50. The monoisotopic (exact) mass is 77.0 g/mol. The van der Waals surface area contributed by atoms with Gasteiger partial charge in [0.2, 0.25) is 0 Å². The zero-order valence-electron chi connectivity index (χ0n) is 3.42. The van der Waals surface area contributed by atoms with Crippen molar-refractivity contribution in [3.8, 4) is 0 Å². The molecule has 0 spiro atoms. The summed E-state index contributed by atoms with van der Waals surface area (Å²) < 4.78 is 0. The summed E-state index contributed by atoms with van der Waals surface area (Å²) in [5.74, 6) is 0. The molecule has 1 radical (unpaired) electrons. The van der Waals surface area contributed by atoms with Crippen molar-refractivity contribution < 1.29 is 0 Å². The Bertz CT molecular complexity index is 64.0. The van der Waals surface area contributed by atoms with Crippen LogP contribution in [-0.2, 0) is 0 Å². The van der Waals surface area contributed by atoms with Crippen LogP contribution in [0.5, 0.6) is 0 Å². The van der Waals surface area contributed by atoms with Gasteiger partial charge in [-0.15, -0.1) is 10.2 Å². The number of tetrazole rings is 1. The summed E-state index contributed by atoms with van der Waals surface area (Å²) in [6, 6.07) is 0. The van der Waals surface area contributed by atoms with Gasteiger partial charge in [0.15, 0.2) is 6.33 Å². The van der Waals surface area contributed by atoms with Crippen molar-refractivity contribution >= 4 is 18.9 Å². The average Bonchev–Trinajstić information content (AvgIpc) is 1.76. The van der Waals surface area contributed by atoms with Gasteiger partial charge in [0.25, 0.3) is 0 Å². The molecule has 1 rings (SSSR count). The number of H-pyrrole nitrogens is 1. The number of nitrogens with one attached hydrogen (secondary N) is 1. The van der Waals surface area contributed by atoms with E-state index in [1.807, 2.05) is 0 Å². The molecule has 6 heavy (non-hydrogen) atoms. The van der Waals surface area contributed by atoms with Crippen molar-refractivity contribution in [3.63, 3.8) is 0 Å². The Morgan fingerprint density at radius 2 is 2.33 bits per heavy atom. The number of aromatic nitrogens is 4. The van der Waals surface area contributed by atoms with Gasteiger partial charge in [0.1, 0.15) is 0 Å². The molecule has 0 saturated heterocycles. The van der Waals surface area contributed by atoms with Crippen molar-refractivity contribution in [2.45, 2.75) is 0 Å². The number of hydrogen-bond acceptors (Lipinski definition) is 3. The van der Waals surface area contributed by atoms with Gasteiger partial charge in [-0.25, -0.2) is 0 Å². The zero-order valence-corrected chi connectivity index (χ0v) is 3.42. The van der Waals surface area contributed by atoms with E-state index < -0.39 is 0 Å². The number of hydrogen-bond donors (Lipinski definition) is 1. The second-order valence-electron chi connectivity index (χ2n) is 0.560. The SMILES string of the molecule is [Li].c1nn[nH]n1. The van der Waals surface area contributed by atoms with Crippen molar-refractivity contribution in [2.24, 2.45) is 0 Å². The minimum atomic E-state index is 0. The molecule has 5 heteroatoms. The predicted molar refractivity (Wildman–Crippen MR) is 19.9 cm³/mol. The van der Waals surface area contributed by atoms with E-state index >= 15 is 0 Å². The van der Waals surface area contributed by atoms with Crippen LogP contribution in [0.3, 0.4) is 0 Å². The van der Waals surface area contributed by atoms with Crippen LogP contribution in [-0.4, -0.2) is 39.5 Å². The molecule has 0 aromatic carbocycles. The van der Waals surface area contributed by atoms with Crippen LogP contribution < -0.4 is 0 Å². The van der Waals surface area contributed by atoms with E-state index in [2.05, 4.69) is 20.6 Å². The fourth-order valence-corrected chi connectivity index (χ4v) is 0.129. The van der Waals surface area contributed by atoms with Crippen molar-refractivity contribution in [1.29, 1.82) is 0 Å². The van der Waals surface area contributed by atoms with Crippen LogP contribution >= 0.6 is 0 Å². The molecule has 0 unspecified atom stereocenters. The average molecular weight is 77.0 g/mol. The van der Waals surface area contributed by atoms with E-state index in [9.17, 15) is 0 Å². The van der Waals surface area contributed by atoms with Gasteiger partial charge in [-0.1, -0.05) is 5.21 Å². The Morgan fingerprint density at radius 3 is 2.50 bits per heavy atom. The molecule has 0 aliphatic rings. The maximum Gasteiger partial charge on any atom is 0.161 e. The molecule has 0 fully saturated rings. The van der Waals surface area contributed by atoms with Gasteiger partial charge in [-0.05, 0) is 0 Å². The molecule has 1 heterocycles. The van der Waals surface area contributed by atoms with Crippen LogP contribution in [0, 0.1) is 0 Å². The second-order valence-corrected chi connectivity index (χ2v) is 0.560. The Balaban J connectivity index is 0.000000250. The topological polar surface area (TPSA) is 54.5 Å². The Labute approximate surface area is 46.5 Å². The van der Waals surface area contributed by atoms with Crippen LogP contribution in [0.2, 0.25) is 0 Å². The molecule has 0 saturated carbocycles. The smallest absolute Gasteiger partial charge is 0.161 e. The van der Waals surface area contributed by atoms with Crippen LogP contribution in [0.25, 0.3) is 0 Å². The van der Waals surface area contributed by atoms with Gasteiger partial charge in [0, 0.05) is 18.9 Å². The van der Waals surface area contributed by atoms with Crippen molar-refractivity contribution in [3.05, 3.63) is 6.33 Å². The first-order valence-corrected chi connectivity index (χ1v) is 1.16. The zero-order chi connectivity index (χ0) is 3.54. The summed E-state index contributed by atoms with van der Waals surface area (Å²) in [6.45, 7) is 0. The summed E-state index contributed by atoms with van der Waals surface area (Å²) in [5, 5.41) is 12.2. The maximum atomic E-state index is 3.38. The van der Waals surface area contributed by atoms with Crippen LogP contribution in [0.15, 0.2) is 6.33 Å². The van der Waals surface area contributed by atoms with E-state index in [4.69, 9.17) is 0 Å². The molecule has 0 atom stereocenters. The van der Waals surface area contributed by atoms with E-state index in [0.29, 0.717) is 0 Å². The molecule has 0 aliphatic heterocycles. The molecular weight excluding hydrogens is 75.0 g/mol. The molecule has 0 bridgehead atoms. The fourth-order valence-electron chi connectivity index (χ4n) is 0.129. The third-order valence-corrected chi connectivity index (χ3v) is 0.270. The largest absolute Gasteiger partial charge is 0.177 e. The molecule has 27 valence electrons. The minimum absolute atomic E-state index is 0. The molecule has 1 aromatic rings. The number of nitrogens with zero attached hydrogens (tertiary/aromatic N) is 3. The van der Waals surface area contributed by atoms with Gasteiger partial charge < -0.3 is 0 Å². The first kappa shape index (κ1) is 5.67.